The number of halogens is 1. The molecular formula is C16H17ClN2O4. The van der Waals surface area contributed by atoms with Gasteiger partial charge in [-0.25, -0.2) is 14.6 Å². The molecule has 3 N–H and O–H groups in total. The third-order valence-corrected chi connectivity index (χ3v) is 4.03. The van der Waals surface area contributed by atoms with Crippen LogP contribution in [0.5, 0.6) is 0 Å². The first kappa shape index (κ1) is 17.2. The number of allylic oxidation sites excluding steroid dienone is 1. The van der Waals surface area contributed by atoms with Crippen LogP contribution < -0.4 is 5.32 Å². The Hall–Kier alpha value is -2.18. The molecule has 0 spiro atoms. The molecule has 2 aliphatic rings. The summed E-state index contributed by atoms with van der Waals surface area (Å²) in [5.41, 5.74) is 2.68. The van der Waals surface area contributed by atoms with E-state index < -0.39 is 11.9 Å². The van der Waals surface area contributed by atoms with E-state index in [9.17, 15) is 9.59 Å². The van der Waals surface area contributed by atoms with Crippen LogP contribution >= 0.6 is 11.6 Å². The second kappa shape index (κ2) is 7.89. The molecule has 1 fully saturated rings. The predicted octanol–water partition coefficient (Wildman–Crippen LogP) is 2.07. The minimum absolute atomic E-state index is 0.558. The highest BCUT2D eigenvalue weighted by Crippen LogP contribution is 2.39. The molecule has 0 bridgehead atoms. The number of hydrogen-bond donors (Lipinski definition) is 3. The van der Waals surface area contributed by atoms with Crippen molar-refractivity contribution in [1.82, 2.24) is 10.3 Å². The Labute approximate surface area is 138 Å². The van der Waals surface area contributed by atoms with Crippen LogP contribution in [-0.4, -0.2) is 40.2 Å². The molecule has 1 aliphatic heterocycles. The van der Waals surface area contributed by atoms with Crippen LogP contribution in [-0.2, 0) is 9.59 Å². The number of fused-ring (bicyclic) bond motifs is 1. The maximum atomic E-state index is 9.55. The third-order valence-electron chi connectivity index (χ3n) is 3.81. The first-order chi connectivity index (χ1) is 11.0. The molecule has 1 aromatic heterocycles. The summed E-state index contributed by atoms with van der Waals surface area (Å²) in [6.07, 6.45) is 6.57. The van der Waals surface area contributed by atoms with E-state index in [2.05, 4.69) is 22.4 Å². The molecule has 0 radical (unpaired) electrons. The van der Waals surface area contributed by atoms with Crippen molar-refractivity contribution in [3.05, 3.63) is 47.3 Å². The summed E-state index contributed by atoms with van der Waals surface area (Å²) in [4.78, 5) is 23.2. The Morgan fingerprint density at radius 2 is 1.91 bits per heavy atom. The summed E-state index contributed by atoms with van der Waals surface area (Å²) >= 11 is 5.79. The van der Waals surface area contributed by atoms with E-state index >= 15 is 0 Å². The lowest BCUT2D eigenvalue weighted by Gasteiger charge is -2.12. The second-order valence-electron chi connectivity index (χ2n) is 5.30. The lowest BCUT2D eigenvalue weighted by Crippen LogP contribution is -2.09. The highest BCUT2D eigenvalue weighted by molar-refractivity contribution is 6.29. The molecule has 0 aromatic carbocycles. The number of hydrogen-bond acceptors (Lipinski definition) is 4. The zero-order chi connectivity index (χ0) is 16.8. The Morgan fingerprint density at radius 3 is 2.48 bits per heavy atom. The fraction of sp³-hybridized carbons (Fsp3) is 0.312. The Morgan fingerprint density at radius 1 is 1.22 bits per heavy atom. The Kier molecular flexibility index (Phi) is 5.90. The molecular weight excluding hydrogens is 320 g/mol. The van der Waals surface area contributed by atoms with Gasteiger partial charge in [0.2, 0.25) is 0 Å². The fourth-order valence-corrected chi connectivity index (χ4v) is 2.91. The average Bonchev–Trinajstić information content (AvgIpc) is 3.10. The maximum Gasteiger partial charge on any atom is 0.328 e. The van der Waals surface area contributed by atoms with Crippen molar-refractivity contribution < 1.29 is 19.8 Å². The number of carboxylic acid groups (broad SMARTS) is 2. The van der Waals surface area contributed by atoms with Gasteiger partial charge < -0.3 is 15.5 Å². The molecule has 0 saturated carbocycles. The smallest absolute Gasteiger partial charge is 0.328 e. The number of aromatic nitrogens is 1. The van der Waals surface area contributed by atoms with Gasteiger partial charge in [-0.1, -0.05) is 23.7 Å². The van der Waals surface area contributed by atoms with Gasteiger partial charge in [0, 0.05) is 30.8 Å². The largest absolute Gasteiger partial charge is 0.478 e. The second-order valence-corrected chi connectivity index (χ2v) is 5.69. The Balaban J connectivity index is 0.000000207. The van der Waals surface area contributed by atoms with Gasteiger partial charge in [0.1, 0.15) is 5.15 Å². The fourth-order valence-electron chi connectivity index (χ4n) is 2.80. The van der Waals surface area contributed by atoms with E-state index in [-0.39, 0.29) is 0 Å². The molecule has 3 rings (SSSR count). The number of aliphatic carboxylic acids is 2. The van der Waals surface area contributed by atoms with Crippen molar-refractivity contribution in [1.29, 1.82) is 0 Å². The summed E-state index contributed by atoms with van der Waals surface area (Å²) in [7, 11) is 0. The minimum Gasteiger partial charge on any atom is -0.478 e. The highest BCUT2D eigenvalue weighted by Gasteiger charge is 2.33. The van der Waals surface area contributed by atoms with E-state index in [1.165, 1.54) is 17.6 Å². The summed E-state index contributed by atoms with van der Waals surface area (Å²) < 4.78 is 0. The van der Waals surface area contributed by atoms with Gasteiger partial charge in [0.25, 0.3) is 0 Å². The molecule has 1 saturated heterocycles. The van der Waals surface area contributed by atoms with Gasteiger partial charge in [-0.2, -0.15) is 0 Å². The zero-order valence-corrected chi connectivity index (χ0v) is 13.0. The van der Waals surface area contributed by atoms with E-state index in [1.807, 2.05) is 12.3 Å². The van der Waals surface area contributed by atoms with E-state index in [0.717, 1.165) is 19.0 Å². The van der Waals surface area contributed by atoms with Gasteiger partial charge in [-0.15, -0.1) is 0 Å². The summed E-state index contributed by atoms with van der Waals surface area (Å²) in [5.74, 6) is -1.02. The molecule has 7 heteroatoms. The summed E-state index contributed by atoms with van der Waals surface area (Å²) in [6.45, 7) is 2.27. The lowest BCUT2D eigenvalue weighted by molar-refractivity contribution is -0.134. The van der Waals surface area contributed by atoms with Gasteiger partial charge in [-0.05, 0) is 36.1 Å². The topological polar surface area (TPSA) is 99.5 Å². The van der Waals surface area contributed by atoms with Crippen LogP contribution in [0.15, 0.2) is 36.6 Å². The van der Waals surface area contributed by atoms with Crippen molar-refractivity contribution in [3.8, 4) is 0 Å². The maximum absolute atomic E-state index is 9.55. The van der Waals surface area contributed by atoms with Crippen LogP contribution in [0.2, 0.25) is 5.15 Å². The molecule has 122 valence electrons. The summed E-state index contributed by atoms with van der Waals surface area (Å²) in [6, 6.07) is 3.94. The molecule has 0 unspecified atom stereocenters. The first-order valence-electron chi connectivity index (χ1n) is 7.14. The van der Waals surface area contributed by atoms with Crippen molar-refractivity contribution in [2.24, 2.45) is 11.8 Å². The number of nitrogens with one attached hydrogen (secondary N) is 1. The standard InChI is InChI=1S/C12H13ClN2.C4H4O4/c13-12-4-2-9(6-15-12)10-3-1-8-5-14-7-11(8)10;5-3(6)1-2-4(7)8/h2-4,6,8,11,14H,1,5,7H2;1-2H,(H,5,6)(H,7,8)/b;2-1+/t8-,11+;/m1./s1. The van der Waals surface area contributed by atoms with Crippen molar-refractivity contribution >= 4 is 29.1 Å². The number of carbonyl (C=O) groups is 2. The van der Waals surface area contributed by atoms with Crippen molar-refractivity contribution in [3.63, 3.8) is 0 Å². The highest BCUT2D eigenvalue weighted by atomic mass is 35.5. The van der Waals surface area contributed by atoms with Crippen LogP contribution in [0.3, 0.4) is 0 Å². The van der Waals surface area contributed by atoms with E-state index in [1.54, 1.807) is 0 Å². The van der Waals surface area contributed by atoms with Gasteiger partial charge in [0.15, 0.2) is 0 Å². The van der Waals surface area contributed by atoms with Gasteiger partial charge in [0.05, 0.1) is 0 Å². The SMILES string of the molecule is Clc1ccc(C2=CC[C@@H]3CNC[C@H]23)cn1.O=C(O)/C=C/C(=O)O. The molecule has 2 atom stereocenters. The van der Waals surface area contributed by atoms with Crippen LogP contribution in [0.1, 0.15) is 12.0 Å². The van der Waals surface area contributed by atoms with Gasteiger partial charge >= 0.3 is 11.9 Å². The molecule has 1 aromatic rings. The van der Waals surface area contributed by atoms with Crippen LogP contribution in [0.25, 0.3) is 5.57 Å². The number of rotatable bonds is 3. The van der Waals surface area contributed by atoms with Crippen LogP contribution in [0, 0.1) is 11.8 Å². The molecule has 23 heavy (non-hydrogen) atoms. The van der Waals surface area contributed by atoms with Crippen molar-refractivity contribution in [2.75, 3.05) is 13.1 Å². The van der Waals surface area contributed by atoms with Gasteiger partial charge in [-0.3, -0.25) is 0 Å². The van der Waals surface area contributed by atoms with Crippen LogP contribution in [0.4, 0.5) is 0 Å². The quantitative estimate of drug-likeness (QED) is 0.577. The van der Waals surface area contributed by atoms with E-state index in [0.29, 0.717) is 23.2 Å². The number of nitrogens with zero attached hydrogens (tertiary/aromatic N) is 1. The lowest BCUT2D eigenvalue weighted by atomic mass is 9.91. The number of pyridine rings is 1. The van der Waals surface area contributed by atoms with E-state index in [4.69, 9.17) is 21.8 Å². The Bertz CT molecular complexity index is 624. The predicted molar refractivity (Wildman–Crippen MR) is 86.1 cm³/mol. The van der Waals surface area contributed by atoms with Crippen molar-refractivity contribution in [2.45, 2.75) is 6.42 Å². The summed E-state index contributed by atoms with van der Waals surface area (Å²) in [5, 5.41) is 19.6. The average molecular weight is 337 g/mol. The first-order valence-corrected chi connectivity index (χ1v) is 7.52. The molecule has 2 heterocycles. The zero-order valence-electron chi connectivity index (χ0n) is 12.3. The molecule has 6 nitrogen and oxygen atoms in total. The number of carboxylic acids is 2. The molecule has 1 aliphatic carbocycles. The molecule has 0 amide bonds. The third kappa shape index (κ3) is 4.91. The monoisotopic (exact) mass is 336 g/mol. The normalized spacial score (nSPS) is 22.2. The minimum atomic E-state index is -1.26.